The van der Waals surface area contributed by atoms with Crippen molar-refractivity contribution in [2.75, 3.05) is 5.75 Å². The Labute approximate surface area is 75.1 Å². The van der Waals surface area contributed by atoms with Crippen molar-refractivity contribution in [3.63, 3.8) is 0 Å². The number of hydrogen-bond acceptors (Lipinski definition) is 2. The lowest BCUT2D eigenvalue weighted by molar-refractivity contribution is 0.289. The molecule has 0 unspecified atom stereocenters. The summed E-state index contributed by atoms with van der Waals surface area (Å²) >= 11 is 1.60. The first kappa shape index (κ1) is 11.3. The van der Waals surface area contributed by atoms with E-state index in [1.165, 1.54) is 12.8 Å². The summed E-state index contributed by atoms with van der Waals surface area (Å²) in [4.78, 5) is 0. The zero-order valence-corrected chi connectivity index (χ0v) is 8.91. The van der Waals surface area contributed by atoms with Gasteiger partial charge in [0.15, 0.2) is 0 Å². The van der Waals surface area contributed by atoms with Gasteiger partial charge in [-0.3, -0.25) is 0 Å². The first-order chi connectivity index (χ1) is 5.13. The first-order valence-corrected chi connectivity index (χ1v) is 5.32. The van der Waals surface area contributed by atoms with Gasteiger partial charge in [-0.2, -0.15) is 0 Å². The summed E-state index contributed by atoms with van der Waals surface area (Å²) in [5, 5.41) is 0. The predicted molar refractivity (Wildman–Crippen MR) is 52.8 cm³/mol. The van der Waals surface area contributed by atoms with Crippen LogP contribution in [0.4, 0.5) is 0 Å². The Hall–Kier alpha value is 0.310. The standard InChI is InChI=1S/C9H20OS/c1-8(2)6-5-7-11-10-9(3)4/h8-9H,5-7H2,1-4H3. The van der Waals surface area contributed by atoms with E-state index in [-0.39, 0.29) is 0 Å². The van der Waals surface area contributed by atoms with Crippen molar-refractivity contribution in [3.05, 3.63) is 0 Å². The van der Waals surface area contributed by atoms with Crippen LogP contribution in [0.2, 0.25) is 0 Å². The van der Waals surface area contributed by atoms with E-state index in [0.29, 0.717) is 6.10 Å². The third kappa shape index (κ3) is 10.3. The van der Waals surface area contributed by atoms with Crippen molar-refractivity contribution < 1.29 is 4.18 Å². The smallest absolute Gasteiger partial charge is 0.0666 e. The fourth-order valence-electron chi connectivity index (χ4n) is 0.735. The normalized spacial score (nSPS) is 11.5. The van der Waals surface area contributed by atoms with Crippen LogP contribution in [-0.2, 0) is 4.18 Å². The van der Waals surface area contributed by atoms with E-state index in [4.69, 9.17) is 4.18 Å². The first-order valence-electron chi connectivity index (χ1n) is 4.41. The Balaban J connectivity index is 2.91. The van der Waals surface area contributed by atoms with E-state index < -0.39 is 0 Å². The Bertz CT molecular complexity index is 71.6. The van der Waals surface area contributed by atoms with Crippen LogP contribution < -0.4 is 0 Å². The molecule has 0 heterocycles. The Morgan fingerprint density at radius 1 is 1.18 bits per heavy atom. The SMILES string of the molecule is CC(C)CCCSOC(C)C. The second-order valence-electron chi connectivity index (χ2n) is 3.50. The largest absolute Gasteiger partial charge is 0.313 e. The van der Waals surface area contributed by atoms with Gasteiger partial charge in [-0.25, -0.2) is 0 Å². The van der Waals surface area contributed by atoms with Gasteiger partial charge in [0.25, 0.3) is 0 Å². The molecule has 0 fully saturated rings. The molecule has 0 bridgehead atoms. The van der Waals surface area contributed by atoms with Gasteiger partial charge < -0.3 is 4.18 Å². The van der Waals surface area contributed by atoms with E-state index in [2.05, 4.69) is 27.7 Å². The molecule has 0 rings (SSSR count). The van der Waals surface area contributed by atoms with E-state index in [9.17, 15) is 0 Å². The lowest BCUT2D eigenvalue weighted by Crippen LogP contribution is -1.96. The molecule has 0 radical (unpaired) electrons. The summed E-state index contributed by atoms with van der Waals surface area (Å²) in [5.74, 6) is 1.96. The van der Waals surface area contributed by atoms with Crippen molar-refractivity contribution in [1.82, 2.24) is 0 Å². The molecule has 0 aromatic carbocycles. The average Bonchev–Trinajstić information content (AvgIpc) is 1.85. The molecule has 1 nitrogen and oxygen atoms in total. The number of hydrogen-bond donors (Lipinski definition) is 0. The molecular weight excluding hydrogens is 156 g/mol. The van der Waals surface area contributed by atoms with Crippen LogP contribution in [0.25, 0.3) is 0 Å². The van der Waals surface area contributed by atoms with Crippen molar-refractivity contribution in [2.24, 2.45) is 5.92 Å². The zero-order chi connectivity index (χ0) is 8.69. The van der Waals surface area contributed by atoms with E-state index >= 15 is 0 Å². The summed E-state index contributed by atoms with van der Waals surface area (Å²) < 4.78 is 5.34. The highest BCUT2D eigenvalue weighted by Crippen LogP contribution is 2.12. The maximum atomic E-state index is 5.34. The highest BCUT2D eigenvalue weighted by molar-refractivity contribution is 7.94. The molecule has 0 amide bonds. The summed E-state index contributed by atoms with van der Waals surface area (Å²) in [6, 6.07) is 0. The van der Waals surface area contributed by atoms with Gasteiger partial charge in [-0.05, 0) is 38.2 Å². The van der Waals surface area contributed by atoms with Gasteiger partial charge in [0.1, 0.15) is 0 Å². The second-order valence-corrected chi connectivity index (χ2v) is 4.34. The van der Waals surface area contributed by atoms with Crippen LogP contribution in [0.5, 0.6) is 0 Å². The van der Waals surface area contributed by atoms with E-state index in [1.54, 1.807) is 12.0 Å². The van der Waals surface area contributed by atoms with Crippen molar-refractivity contribution in [3.8, 4) is 0 Å². The molecular formula is C9H20OS. The molecule has 0 aliphatic carbocycles. The third-order valence-electron chi connectivity index (χ3n) is 1.27. The second kappa shape index (κ2) is 6.99. The molecule has 68 valence electrons. The van der Waals surface area contributed by atoms with Gasteiger partial charge >= 0.3 is 0 Å². The topological polar surface area (TPSA) is 9.23 Å². The summed E-state index contributed by atoms with van der Waals surface area (Å²) in [5.41, 5.74) is 0. The minimum absolute atomic E-state index is 0.360. The fourth-order valence-corrected chi connectivity index (χ4v) is 1.39. The van der Waals surface area contributed by atoms with E-state index in [1.807, 2.05) is 0 Å². The lowest BCUT2D eigenvalue weighted by atomic mass is 10.1. The molecule has 0 aromatic heterocycles. The van der Waals surface area contributed by atoms with Gasteiger partial charge in [0, 0.05) is 5.75 Å². The van der Waals surface area contributed by atoms with Crippen LogP contribution in [0.15, 0.2) is 0 Å². The van der Waals surface area contributed by atoms with Gasteiger partial charge in [-0.15, -0.1) is 0 Å². The van der Waals surface area contributed by atoms with Crippen molar-refractivity contribution in [1.29, 1.82) is 0 Å². The zero-order valence-electron chi connectivity index (χ0n) is 8.09. The van der Waals surface area contributed by atoms with Crippen LogP contribution >= 0.6 is 12.0 Å². The molecule has 0 N–H and O–H groups in total. The lowest BCUT2D eigenvalue weighted by Gasteiger charge is -2.06. The van der Waals surface area contributed by atoms with Gasteiger partial charge in [0.2, 0.25) is 0 Å². The third-order valence-corrected chi connectivity index (χ3v) is 2.25. The molecule has 0 atom stereocenters. The van der Waals surface area contributed by atoms with Crippen LogP contribution in [0, 0.1) is 5.92 Å². The molecule has 11 heavy (non-hydrogen) atoms. The monoisotopic (exact) mass is 176 g/mol. The quantitative estimate of drug-likeness (QED) is 0.452. The van der Waals surface area contributed by atoms with Crippen LogP contribution in [0.1, 0.15) is 40.5 Å². The fraction of sp³-hybridized carbons (Fsp3) is 1.00. The Kier molecular flexibility index (Phi) is 7.18. The molecule has 0 spiro atoms. The molecule has 0 aliphatic rings. The molecule has 0 saturated heterocycles. The maximum absolute atomic E-state index is 5.34. The van der Waals surface area contributed by atoms with Gasteiger partial charge in [-0.1, -0.05) is 20.3 Å². The van der Waals surface area contributed by atoms with Crippen molar-refractivity contribution in [2.45, 2.75) is 46.6 Å². The minimum atomic E-state index is 0.360. The average molecular weight is 176 g/mol. The van der Waals surface area contributed by atoms with Crippen molar-refractivity contribution >= 4 is 12.0 Å². The highest BCUT2D eigenvalue weighted by atomic mass is 32.2. The predicted octanol–water partition coefficient (Wildman–Crippen LogP) is 3.50. The molecule has 0 aliphatic heterocycles. The molecule has 0 aromatic rings. The Morgan fingerprint density at radius 2 is 1.82 bits per heavy atom. The number of rotatable bonds is 6. The van der Waals surface area contributed by atoms with Crippen LogP contribution in [-0.4, -0.2) is 11.9 Å². The summed E-state index contributed by atoms with van der Waals surface area (Å²) in [6.45, 7) is 8.65. The maximum Gasteiger partial charge on any atom is 0.0666 e. The molecule has 0 saturated carbocycles. The van der Waals surface area contributed by atoms with E-state index in [0.717, 1.165) is 11.7 Å². The summed E-state index contributed by atoms with van der Waals surface area (Å²) in [6.07, 6.45) is 2.95. The highest BCUT2D eigenvalue weighted by Gasteiger charge is 1.96. The molecule has 2 heteroatoms. The van der Waals surface area contributed by atoms with Crippen LogP contribution in [0.3, 0.4) is 0 Å². The minimum Gasteiger partial charge on any atom is -0.313 e. The summed E-state index contributed by atoms with van der Waals surface area (Å²) in [7, 11) is 0. The Morgan fingerprint density at radius 3 is 2.27 bits per heavy atom. The van der Waals surface area contributed by atoms with Gasteiger partial charge in [0.05, 0.1) is 6.10 Å².